The summed E-state index contributed by atoms with van der Waals surface area (Å²) >= 11 is 0. The van der Waals surface area contributed by atoms with Gasteiger partial charge in [-0.3, -0.25) is 0 Å². The van der Waals surface area contributed by atoms with Crippen molar-refractivity contribution in [2.24, 2.45) is 0 Å². The van der Waals surface area contributed by atoms with E-state index in [1.54, 1.807) is 20.0 Å². The van der Waals surface area contributed by atoms with Gasteiger partial charge in [-0.15, -0.1) is 0 Å². The molecule has 1 rings (SSSR count). The van der Waals surface area contributed by atoms with Crippen molar-refractivity contribution < 1.29 is 0 Å². The third-order valence-electron chi connectivity index (χ3n) is 1.60. The first-order valence-corrected chi connectivity index (χ1v) is 3.54. The highest BCUT2D eigenvalue weighted by Crippen LogP contribution is 2.18. The summed E-state index contributed by atoms with van der Waals surface area (Å²) in [4.78, 5) is 3.97. The van der Waals surface area contributed by atoms with Gasteiger partial charge in [-0.1, -0.05) is 0 Å². The fourth-order valence-electron chi connectivity index (χ4n) is 1.04. The van der Waals surface area contributed by atoms with Gasteiger partial charge in [-0.25, -0.2) is 4.98 Å². The maximum Gasteiger partial charge on any atom is 0.125 e. The molecule has 0 saturated heterocycles. The van der Waals surface area contributed by atoms with E-state index in [1.807, 2.05) is 0 Å². The maximum atomic E-state index is 8.75. The highest BCUT2D eigenvalue weighted by atomic mass is 14.9. The molecule has 0 atom stereocenters. The van der Waals surface area contributed by atoms with Crippen LogP contribution in [-0.4, -0.2) is 12.0 Å². The zero-order valence-electron chi connectivity index (χ0n) is 7.05. The highest BCUT2D eigenvalue weighted by Gasteiger charge is 2.05. The fourth-order valence-corrected chi connectivity index (χ4v) is 1.04. The van der Waals surface area contributed by atoms with E-state index in [4.69, 9.17) is 11.0 Å². The number of aryl methyl sites for hydroxylation is 1. The van der Waals surface area contributed by atoms with Crippen LogP contribution in [0.4, 0.5) is 11.5 Å². The highest BCUT2D eigenvalue weighted by molar-refractivity contribution is 5.62. The minimum atomic E-state index is 0.427. The Labute approximate surface area is 71.0 Å². The number of rotatable bonds is 1. The molecule has 0 aliphatic heterocycles. The van der Waals surface area contributed by atoms with E-state index in [0.717, 1.165) is 5.69 Å². The number of nitrogen functional groups attached to an aromatic ring is 1. The molecular weight excluding hydrogens is 152 g/mol. The molecule has 0 spiro atoms. The number of aromatic nitrogens is 1. The maximum absolute atomic E-state index is 8.75. The smallest absolute Gasteiger partial charge is 0.125 e. The summed E-state index contributed by atoms with van der Waals surface area (Å²) in [6.45, 7) is 1.76. The third-order valence-corrected chi connectivity index (χ3v) is 1.60. The molecule has 0 bridgehead atoms. The molecule has 1 aromatic rings. The first-order chi connectivity index (χ1) is 5.69. The second-order valence-electron chi connectivity index (χ2n) is 2.42. The second-order valence-corrected chi connectivity index (χ2v) is 2.42. The van der Waals surface area contributed by atoms with Gasteiger partial charge in [-0.05, 0) is 6.92 Å². The Balaban J connectivity index is 3.36. The van der Waals surface area contributed by atoms with Crippen molar-refractivity contribution >= 4 is 11.5 Å². The number of hydrogen-bond donors (Lipinski definition) is 2. The van der Waals surface area contributed by atoms with Crippen LogP contribution in [0.1, 0.15) is 11.3 Å². The number of nitrogens with one attached hydrogen (secondary N) is 1. The average Bonchev–Trinajstić information content (AvgIpc) is 2.03. The molecule has 0 amide bonds. The van der Waals surface area contributed by atoms with Crippen LogP contribution in [0.25, 0.3) is 0 Å². The van der Waals surface area contributed by atoms with Gasteiger partial charge in [0.15, 0.2) is 0 Å². The van der Waals surface area contributed by atoms with E-state index in [2.05, 4.69) is 16.4 Å². The van der Waals surface area contributed by atoms with Crippen LogP contribution in [0.5, 0.6) is 0 Å². The Kier molecular flexibility index (Phi) is 2.15. The molecule has 1 aromatic heterocycles. The summed E-state index contributed by atoms with van der Waals surface area (Å²) in [5.41, 5.74) is 7.42. The van der Waals surface area contributed by atoms with Gasteiger partial charge in [0.05, 0.1) is 16.9 Å². The number of nitriles is 1. The SMILES string of the molecule is CNc1cc(N)nc(C)c1C#N. The molecule has 0 aromatic carbocycles. The van der Waals surface area contributed by atoms with Crippen LogP contribution in [-0.2, 0) is 0 Å². The molecule has 4 heteroatoms. The monoisotopic (exact) mass is 162 g/mol. The minimum Gasteiger partial charge on any atom is -0.387 e. The Hall–Kier alpha value is -1.76. The molecular formula is C8H10N4. The van der Waals surface area contributed by atoms with E-state index in [1.165, 1.54) is 0 Å². The van der Waals surface area contributed by atoms with Crippen LogP contribution in [0, 0.1) is 18.3 Å². The molecule has 3 N–H and O–H groups in total. The number of anilines is 2. The predicted octanol–water partition coefficient (Wildman–Crippen LogP) is 0.886. The lowest BCUT2D eigenvalue weighted by molar-refractivity contribution is 1.18. The number of hydrogen-bond acceptors (Lipinski definition) is 4. The van der Waals surface area contributed by atoms with E-state index >= 15 is 0 Å². The minimum absolute atomic E-state index is 0.427. The predicted molar refractivity (Wildman–Crippen MR) is 47.6 cm³/mol. The third kappa shape index (κ3) is 1.30. The van der Waals surface area contributed by atoms with Crippen LogP contribution in [0.3, 0.4) is 0 Å². The van der Waals surface area contributed by atoms with Gasteiger partial charge in [0.1, 0.15) is 11.9 Å². The first-order valence-electron chi connectivity index (χ1n) is 3.54. The Bertz CT molecular complexity index is 338. The molecule has 4 nitrogen and oxygen atoms in total. The van der Waals surface area contributed by atoms with Gasteiger partial charge in [0.2, 0.25) is 0 Å². The lowest BCUT2D eigenvalue weighted by Crippen LogP contribution is -2.00. The molecule has 0 aliphatic carbocycles. The first kappa shape index (κ1) is 8.34. The van der Waals surface area contributed by atoms with Crippen molar-refractivity contribution in [1.82, 2.24) is 4.98 Å². The van der Waals surface area contributed by atoms with Crippen molar-refractivity contribution in [1.29, 1.82) is 5.26 Å². The number of pyridine rings is 1. The van der Waals surface area contributed by atoms with Crippen LogP contribution >= 0.6 is 0 Å². The van der Waals surface area contributed by atoms with Crippen molar-refractivity contribution in [2.75, 3.05) is 18.1 Å². The van der Waals surface area contributed by atoms with Gasteiger partial charge in [0, 0.05) is 13.1 Å². The van der Waals surface area contributed by atoms with Crippen molar-refractivity contribution in [2.45, 2.75) is 6.92 Å². The molecule has 62 valence electrons. The van der Waals surface area contributed by atoms with Crippen molar-refractivity contribution in [3.63, 3.8) is 0 Å². The van der Waals surface area contributed by atoms with Gasteiger partial charge < -0.3 is 11.1 Å². The summed E-state index contributed by atoms with van der Waals surface area (Å²) in [5, 5.41) is 11.6. The number of nitrogens with two attached hydrogens (primary N) is 1. The Morgan fingerprint density at radius 3 is 2.83 bits per heavy atom. The normalized spacial score (nSPS) is 9.08. The van der Waals surface area contributed by atoms with Crippen LogP contribution in [0.2, 0.25) is 0 Å². The lowest BCUT2D eigenvalue weighted by atomic mass is 10.2. The topological polar surface area (TPSA) is 74.7 Å². The van der Waals surface area contributed by atoms with E-state index in [9.17, 15) is 0 Å². The average molecular weight is 162 g/mol. The molecule has 0 saturated carbocycles. The second kappa shape index (κ2) is 3.09. The molecule has 0 unspecified atom stereocenters. The van der Waals surface area contributed by atoms with E-state index in [-0.39, 0.29) is 0 Å². The lowest BCUT2D eigenvalue weighted by Gasteiger charge is -2.05. The quantitative estimate of drug-likeness (QED) is 0.643. The summed E-state index contributed by atoms with van der Waals surface area (Å²) in [6, 6.07) is 3.71. The summed E-state index contributed by atoms with van der Waals surface area (Å²) in [7, 11) is 1.75. The molecule has 1 heterocycles. The summed E-state index contributed by atoms with van der Waals surface area (Å²) in [5.74, 6) is 0.427. The summed E-state index contributed by atoms with van der Waals surface area (Å²) in [6.07, 6.45) is 0. The standard InChI is InChI=1S/C8H10N4/c1-5-6(4-9)7(11-2)3-8(10)12-5/h3H,1-2H3,(H3,10,11,12). The summed E-state index contributed by atoms with van der Waals surface area (Å²) < 4.78 is 0. The zero-order chi connectivity index (χ0) is 9.14. The Morgan fingerprint density at radius 1 is 1.67 bits per heavy atom. The van der Waals surface area contributed by atoms with Crippen molar-refractivity contribution in [3.05, 3.63) is 17.3 Å². The van der Waals surface area contributed by atoms with Gasteiger partial charge in [-0.2, -0.15) is 5.26 Å². The van der Waals surface area contributed by atoms with Crippen LogP contribution in [0.15, 0.2) is 6.07 Å². The molecule has 0 radical (unpaired) electrons. The zero-order valence-corrected chi connectivity index (χ0v) is 7.05. The Morgan fingerprint density at radius 2 is 2.33 bits per heavy atom. The van der Waals surface area contributed by atoms with E-state index in [0.29, 0.717) is 17.1 Å². The molecule has 0 aliphatic rings. The van der Waals surface area contributed by atoms with Crippen LogP contribution < -0.4 is 11.1 Å². The largest absolute Gasteiger partial charge is 0.387 e. The molecule has 0 fully saturated rings. The fraction of sp³-hybridized carbons (Fsp3) is 0.250. The van der Waals surface area contributed by atoms with Gasteiger partial charge in [0.25, 0.3) is 0 Å². The van der Waals surface area contributed by atoms with Gasteiger partial charge >= 0.3 is 0 Å². The molecule has 12 heavy (non-hydrogen) atoms. The van der Waals surface area contributed by atoms with E-state index < -0.39 is 0 Å². The number of nitrogens with zero attached hydrogens (tertiary/aromatic N) is 2. The van der Waals surface area contributed by atoms with Crippen molar-refractivity contribution in [3.8, 4) is 6.07 Å².